The smallest absolute Gasteiger partial charge is 0.341 e. The van der Waals surface area contributed by atoms with Gasteiger partial charge < -0.3 is 15.4 Å². The summed E-state index contributed by atoms with van der Waals surface area (Å²) in [4.78, 5) is 27.0. The lowest BCUT2D eigenvalue weighted by Crippen LogP contribution is -2.37. The SMILES string of the molecule is COC(=O)c1cc(C)c(NC=O)nc1Nc1ccc([Si](C)(C)C)cc1F. The van der Waals surface area contributed by atoms with E-state index in [2.05, 4.69) is 35.3 Å². The molecule has 6 nitrogen and oxygen atoms in total. The maximum absolute atomic E-state index is 14.6. The average molecular weight is 375 g/mol. The monoisotopic (exact) mass is 375 g/mol. The molecular formula is C18H22FN3O3Si. The van der Waals surface area contributed by atoms with Gasteiger partial charge in [-0.15, -0.1) is 0 Å². The molecule has 26 heavy (non-hydrogen) atoms. The molecule has 0 atom stereocenters. The molecule has 8 heteroatoms. The lowest BCUT2D eigenvalue weighted by Gasteiger charge is -2.18. The fourth-order valence-corrected chi connectivity index (χ4v) is 3.53. The van der Waals surface area contributed by atoms with Gasteiger partial charge in [0, 0.05) is 0 Å². The molecule has 0 unspecified atom stereocenters. The Morgan fingerprint density at radius 1 is 1.23 bits per heavy atom. The van der Waals surface area contributed by atoms with Gasteiger partial charge in [-0.3, -0.25) is 4.79 Å². The molecule has 1 heterocycles. The van der Waals surface area contributed by atoms with E-state index in [1.807, 2.05) is 6.07 Å². The molecule has 1 amide bonds. The molecule has 2 N–H and O–H groups in total. The molecular weight excluding hydrogens is 353 g/mol. The van der Waals surface area contributed by atoms with Crippen molar-refractivity contribution in [3.63, 3.8) is 0 Å². The van der Waals surface area contributed by atoms with Crippen LogP contribution in [-0.2, 0) is 9.53 Å². The number of aromatic nitrogens is 1. The fourth-order valence-electron chi connectivity index (χ4n) is 2.39. The Labute approximate surface area is 152 Å². The maximum Gasteiger partial charge on any atom is 0.341 e. The number of nitrogens with one attached hydrogen (secondary N) is 2. The van der Waals surface area contributed by atoms with E-state index in [0.717, 1.165) is 5.19 Å². The number of ether oxygens (including phenoxy) is 1. The van der Waals surface area contributed by atoms with Crippen molar-refractivity contribution >= 4 is 43.0 Å². The largest absolute Gasteiger partial charge is 0.465 e. The topological polar surface area (TPSA) is 80.3 Å². The minimum atomic E-state index is -1.65. The summed E-state index contributed by atoms with van der Waals surface area (Å²) in [5.41, 5.74) is 0.915. The molecule has 0 saturated carbocycles. The molecule has 0 bridgehead atoms. The summed E-state index contributed by atoms with van der Waals surface area (Å²) in [5, 5.41) is 6.27. The van der Waals surface area contributed by atoms with Crippen LogP contribution in [0, 0.1) is 12.7 Å². The second kappa shape index (κ2) is 7.65. The summed E-state index contributed by atoms with van der Waals surface area (Å²) in [5.74, 6) is -0.673. The van der Waals surface area contributed by atoms with Crippen LogP contribution >= 0.6 is 0 Å². The molecule has 0 aliphatic carbocycles. The van der Waals surface area contributed by atoms with Gasteiger partial charge in [-0.05, 0) is 30.7 Å². The first-order valence-electron chi connectivity index (χ1n) is 8.04. The third-order valence-electron chi connectivity index (χ3n) is 3.90. The Morgan fingerprint density at radius 3 is 2.46 bits per heavy atom. The van der Waals surface area contributed by atoms with Crippen LogP contribution in [0.1, 0.15) is 15.9 Å². The minimum absolute atomic E-state index is 0.103. The number of nitrogens with zero attached hydrogens (tertiary/aromatic N) is 1. The molecule has 1 aromatic carbocycles. The van der Waals surface area contributed by atoms with E-state index in [4.69, 9.17) is 4.74 Å². The maximum atomic E-state index is 14.6. The summed E-state index contributed by atoms with van der Waals surface area (Å²) < 4.78 is 19.3. The zero-order chi connectivity index (χ0) is 19.5. The van der Waals surface area contributed by atoms with Gasteiger partial charge in [0.15, 0.2) is 0 Å². The molecule has 0 fully saturated rings. The number of benzene rings is 1. The number of rotatable bonds is 6. The van der Waals surface area contributed by atoms with Gasteiger partial charge in [-0.25, -0.2) is 14.2 Å². The number of halogens is 1. The van der Waals surface area contributed by atoms with Crippen molar-refractivity contribution in [1.29, 1.82) is 0 Å². The van der Waals surface area contributed by atoms with Gasteiger partial charge in [0.25, 0.3) is 0 Å². The van der Waals surface area contributed by atoms with Crippen molar-refractivity contribution in [1.82, 2.24) is 4.98 Å². The van der Waals surface area contributed by atoms with E-state index in [-0.39, 0.29) is 22.9 Å². The number of methoxy groups -OCH3 is 1. The van der Waals surface area contributed by atoms with Gasteiger partial charge in [0.2, 0.25) is 6.41 Å². The van der Waals surface area contributed by atoms with Crippen molar-refractivity contribution in [2.45, 2.75) is 26.6 Å². The van der Waals surface area contributed by atoms with Gasteiger partial charge >= 0.3 is 5.97 Å². The second-order valence-corrected chi connectivity index (χ2v) is 12.0. The average Bonchev–Trinajstić information content (AvgIpc) is 2.57. The summed E-state index contributed by atoms with van der Waals surface area (Å²) in [6, 6.07) is 6.53. The second-order valence-electron chi connectivity index (χ2n) is 6.87. The predicted molar refractivity (Wildman–Crippen MR) is 103 cm³/mol. The van der Waals surface area contributed by atoms with Gasteiger partial charge in [-0.1, -0.05) is 30.9 Å². The highest BCUT2D eigenvalue weighted by Crippen LogP contribution is 2.26. The van der Waals surface area contributed by atoms with Gasteiger partial charge in [0.1, 0.15) is 23.0 Å². The van der Waals surface area contributed by atoms with Crippen LogP contribution in [0.2, 0.25) is 19.6 Å². The standard InChI is InChI=1S/C18H22FN3O3Si/c1-11-8-13(18(24)25-2)17(22-16(11)20-10-23)21-15-7-6-12(9-14(15)19)26(3,4)5/h6-10H,1-5H3,(H2,20,21,22,23). The van der Waals surface area contributed by atoms with Gasteiger partial charge in [-0.2, -0.15) is 0 Å². The lowest BCUT2D eigenvalue weighted by atomic mass is 10.1. The number of hydrogen-bond acceptors (Lipinski definition) is 5. The zero-order valence-electron chi connectivity index (χ0n) is 15.4. The number of carbonyl (C=O) groups excluding carboxylic acids is 2. The Hall–Kier alpha value is -2.74. The first-order chi connectivity index (χ1) is 12.2. The summed E-state index contributed by atoms with van der Waals surface area (Å²) in [6.07, 6.45) is 0.486. The van der Waals surface area contributed by atoms with E-state index in [1.54, 1.807) is 13.0 Å². The Balaban J connectivity index is 2.49. The highest BCUT2D eigenvalue weighted by Gasteiger charge is 2.20. The first kappa shape index (κ1) is 19.6. The number of amides is 1. The van der Waals surface area contributed by atoms with Crippen LogP contribution in [0.3, 0.4) is 0 Å². The van der Waals surface area contributed by atoms with E-state index in [1.165, 1.54) is 19.2 Å². The number of anilines is 3. The molecule has 0 radical (unpaired) electrons. The van der Waals surface area contributed by atoms with E-state index in [0.29, 0.717) is 12.0 Å². The summed E-state index contributed by atoms with van der Waals surface area (Å²) in [6.45, 7) is 8.08. The fraction of sp³-hybridized carbons (Fsp3) is 0.278. The molecule has 0 aliphatic heterocycles. The zero-order valence-corrected chi connectivity index (χ0v) is 16.4. The molecule has 2 rings (SSSR count). The summed E-state index contributed by atoms with van der Waals surface area (Å²) in [7, 11) is -0.395. The third kappa shape index (κ3) is 4.26. The Bertz CT molecular complexity index is 850. The molecule has 138 valence electrons. The Kier molecular flexibility index (Phi) is 5.76. The lowest BCUT2D eigenvalue weighted by molar-refractivity contribution is -0.105. The van der Waals surface area contributed by atoms with Crippen LogP contribution in [-0.4, -0.2) is 32.5 Å². The molecule has 1 aromatic heterocycles. The number of hydrogen-bond donors (Lipinski definition) is 2. The van der Waals surface area contributed by atoms with Crippen molar-refractivity contribution in [3.8, 4) is 0 Å². The van der Waals surface area contributed by atoms with Crippen molar-refractivity contribution in [3.05, 3.63) is 41.2 Å². The number of carbonyl (C=O) groups is 2. The van der Waals surface area contributed by atoms with E-state index in [9.17, 15) is 14.0 Å². The molecule has 0 aliphatic rings. The molecule has 2 aromatic rings. The minimum Gasteiger partial charge on any atom is -0.465 e. The van der Waals surface area contributed by atoms with Crippen molar-refractivity contribution < 1.29 is 18.7 Å². The normalized spacial score (nSPS) is 11.0. The van der Waals surface area contributed by atoms with Crippen LogP contribution in [0.4, 0.5) is 21.7 Å². The van der Waals surface area contributed by atoms with Crippen LogP contribution in [0.15, 0.2) is 24.3 Å². The predicted octanol–water partition coefficient (Wildman–Crippen LogP) is 3.17. The number of esters is 1. The number of aryl methyl sites for hydroxylation is 1. The van der Waals surface area contributed by atoms with E-state index < -0.39 is 19.9 Å². The molecule has 0 saturated heterocycles. The van der Waals surface area contributed by atoms with E-state index >= 15 is 0 Å². The quantitative estimate of drug-likeness (QED) is 0.460. The molecule has 0 spiro atoms. The van der Waals surface area contributed by atoms with Gasteiger partial charge in [0.05, 0.1) is 20.9 Å². The van der Waals surface area contributed by atoms with Crippen molar-refractivity contribution in [2.24, 2.45) is 0 Å². The highest BCUT2D eigenvalue weighted by molar-refractivity contribution is 6.88. The van der Waals surface area contributed by atoms with Crippen LogP contribution in [0.25, 0.3) is 0 Å². The summed E-state index contributed by atoms with van der Waals surface area (Å²) >= 11 is 0. The highest BCUT2D eigenvalue weighted by atomic mass is 28.3. The van der Waals surface area contributed by atoms with Crippen LogP contribution in [0.5, 0.6) is 0 Å². The number of pyridine rings is 1. The Morgan fingerprint density at radius 2 is 1.92 bits per heavy atom. The van der Waals surface area contributed by atoms with Crippen molar-refractivity contribution in [2.75, 3.05) is 17.7 Å². The third-order valence-corrected chi connectivity index (χ3v) is 5.95. The van der Waals surface area contributed by atoms with Crippen LogP contribution < -0.4 is 15.8 Å². The first-order valence-corrected chi connectivity index (χ1v) is 11.5.